The van der Waals surface area contributed by atoms with Crippen molar-refractivity contribution in [3.63, 3.8) is 0 Å². The molecule has 3 rings (SSSR count). The number of hydrogen-bond acceptors (Lipinski definition) is 5. The molecule has 0 bridgehead atoms. The second-order valence-corrected chi connectivity index (χ2v) is 7.41. The molecule has 2 aliphatic carbocycles. The van der Waals surface area contributed by atoms with Crippen LogP contribution in [0.15, 0.2) is 4.52 Å². The van der Waals surface area contributed by atoms with Crippen molar-refractivity contribution >= 4 is 6.09 Å². The van der Waals surface area contributed by atoms with Crippen molar-refractivity contribution < 1.29 is 14.1 Å². The van der Waals surface area contributed by atoms with Gasteiger partial charge in [-0.1, -0.05) is 18.0 Å². The van der Waals surface area contributed by atoms with Gasteiger partial charge in [0.2, 0.25) is 5.89 Å². The summed E-state index contributed by atoms with van der Waals surface area (Å²) in [5.41, 5.74) is -0.488. The summed E-state index contributed by atoms with van der Waals surface area (Å²) >= 11 is 0. The Morgan fingerprint density at radius 2 is 1.95 bits per heavy atom. The molecule has 0 spiro atoms. The van der Waals surface area contributed by atoms with E-state index in [1.165, 1.54) is 0 Å². The summed E-state index contributed by atoms with van der Waals surface area (Å²) in [6.07, 6.45) is 6.05. The number of carbonyl (C=O) groups is 1. The summed E-state index contributed by atoms with van der Waals surface area (Å²) in [6, 6.07) is 0.0103. The van der Waals surface area contributed by atoms with E-state index in [9.17, 15) is 4.79 Å². The molecule has 2 fully saturated rings. The van der Waals surface area contributed by atoms with E-state index in [0.717, 1.165) is 44.3 Å². The maximum Gasteiger partial charge on any atom is 0.407 e. The van der Waals surface area contributed by atoms with Gasteiger partial charge < -0.3 is 14.6 Å². The standard InChI is InChI=1S/C16H25N3O3/c1-16(2,3)21-15(20)17-12-7-5-4-6-11(12)14-18-13(19-22-14)10-8-9-10/h10-12H,4-9H2,1-3H3,(H,17,20). The summed E-state index contributed by atoms with van der Waals surface area (Å²) in [7, 11) is 0. The normalized spacial score (nSPS) is 25.8. The number of amides is 1. The second-order valence-electron chi connectivity index (χ2n) is 7.41. The number of nitrogens with zero attached hydrogens (tertiary/aromatic N) is 2. The Morgan fingerprint density at radius 1 is 1.23 bits per heavy atom. The minimum Gasteiger partial charge on any atom is -0.444 e. The lowest BCUT2D eigenvalue weighted by Crippen LogP contribution is -2.43. The average Bonchev–Trinajstić information content (AvgIpc) is 3.15. The second kappa shape index (κ2) is 5.89. The summed E-state index contributed by atoms with van der Waals surface area (Å²) in [5.74, 6) is 2.08. The van der Waals surface area contributed by atoms with Gasteiger partial charge in [-0.25, -0.2) is 4.79 Å². The fourth-order valence-corrected chi connectivity index (χ4v) is 2.96. The van der Waals surface area contributed by atoms with Gasteiger partial charge in [-0.05, 0) is 46.5 Å². The number of carbonyl (C=O) groups excluding carboxylic acids is 1. The first-order valence-electron chi connectivity index (χ1n) is 8.25. The van der Waals surface area contributed by atoms with Crippen LogP contribution in [-0.2, 0) is 4.74 Å². The molecule has 0 radical (unpaired) electrons. The molecule has 1 heterocycles. The highest BCUT2D eigenvalue weighted by molar-refractivity contribution is 5.68. The highest BCUT2D eigenvalue weighted by Gasteiger charge is 2.35. The molecule has 2 unspecified atom stereocenters. The summed E-state index contributed by atoms with van der Waals surface area (Å²) in [4.78, 5) is 16.6. The quantitative estimate of drug-likeness (QED) is 0.924. The van der Waals surface area contributed by atoms with Crippen LogP contribution in [0.5, 0.6) is 0 Å². The largest absolute Gasteiger partial charge is 0.444 e. The summed E-state index contributed by atoms with van der Waals surface area (Å²) in [5, 5.41) is 7.09. The maximum atomic E-state index is 12.0. The Morgan fingerprint density at radius 3 is 2.64 bits per heavy atom. The van der Waals surface area contributed by atoms with Crippen molar-refractivity contribution in [2.75, 3.05) is 0 Å². The Bertz CT molecular complexity index is 531. The smallest absolute Gasteiger partial charge is 0.407 e. The maximum absolute atomic E-state index is 12.0. The number of rotatable bonds is 3. The number of aromatic nitrogens is 2. The van der Waals surface area contributed by atoms with Crippen molar-refractivity contribution in [3.8, 4) is 0 Å². The molecular weight excluding hydrogens is 282 g/mol. The SMILES string of the molecule is CC(C)(C)OC(=O)NC1CCCCC1c1nc(C2CC2)no1. The molecule has 2 saturated carbocycles. The fourth-order valence-electron chi connectivity index (χ4n) is 2.96. The Balaban J connectivity index is 1.66. The molecule has 1 N–H and O–H groups in total. The van der Waals surface area contributed by atoms with E-state index < -0.39 is 5.60 Å². The average molecular weight is 307 g/mol. The van der Waals surface area contributed by atoms with Gasteiger partial charge in [0.25, 0.3) is 0 Å². The third-order valence-electron chi connectivity index (χ3n) is 4.19. The molecule has 122 valence electrons. The van der Waals surface area contributed by atoms with E-state index in [2.05, 4.69) is 15.5 Å². The molecule has 22 heavy (non-hydrogen) atoms. The lowest BCUT2D eigenvalue weighted by atomic mass is 9.84. The summed E-state index contributed by atoms with van der Waals surface area (Å²) < 4.78 is 10.8. The molecule has 2 atom stereocenters. The van der Waals surface area contributed by atoms with Gasteiger partial charge in [-0.15, -0.1) is 0 Å². The van der Waals surface area contributed by atoms with Crippen LogP contribution in [0.3, 0.4) is 0 Å². The molecule has 0 aliphatic heterocycles. The molecule has 1 aromatic heterocycles. The van der Waals surface area contributed by atoms with E-state index in [1.807, 2.05) is 20.8 Å². The van der Waals surface area contributed by atoms with Crippen LogP contribution in [-0.4, -0.2) is 27.9 Å². The lowest BCUT2D eigenvalue weighted by molar-refractivity contribution is 0.0480. The molecule has 0 saturated heterocycles. The first-order chi connectivity index (χ1) is 10.4. The number of ether oxygens (including phenoxy) is 1. The first-order valence-corrected chi connectivity index (χ1v) is 8.25. The first kappa shape index (κ1) is 15.3. The number of hydrogen-bond donors (Lipinski definition) is 1. The number of nitrogens with one attached hydrogen (secondary N) is 1. The Labute approximate surface area is 131 Å². The van der Waals surface area contributed by atoms with Crippen LogP contribution < -0.4 is 5.32 Å². The van der Waals surface area contributed by atoms with Crippen molar-refractivity contribution in [3.05, 3.63) is 11.7 Å². The fraction of sp³-hybridized carbons (Fsp3) is 0.812. The van der Waals surface area contributed by atoms with Crippen LogP contribution >= 0.6 is 0 Å². The third-order valence-corrected chi connectivity index (χ3v) is 4.19. The van der Waals surface area contributed by atoms with E-state index in [0.29, 0.717) is 11.8 Å². The van der Waals surface area contributed by atoms with E-state index in [1.54, 1.807) is 0 Å². The van der Waals surface area contributed by atoms with Gasteiger partial charge in [0.05, 0.1) is 5.92 Å². The number of alkyl carbamates (subject to hydrolysis) is 1. The minimum atomic E-state index is -0.488. The summed E-state index contributed by atoms with van der Waals surface area (Å²) in [6.45, 7) is 5.60. The van der Waals surface area contributed by atoms with E-state index >= 15 is 0 Å². The molecule has 0 aromatic carbocycles. The predicted octanol–water partition coefficient (Wildman–Crippen LogP) is 3.50. The van der Waals surface area contributed by atoms with E-state index in [-0.39, 0.29) is 18.1 Å². The monoisotopic (exact) mass is 307 g/mol. The van der Waals surface area contributed by atoms with Crippen LogP contribution in [0.2, 0.25) is 0 Å². The highest BCUT2D eigenvalue weighted by atomic mass is 16.6. The van der Waals surface area contributed by atoms with Gasteiger partial charge in [-0.3, -0.25) is 0 Å². The molecule has 2 aliphatic rings. The molecule has 6 nitrogen and oxygen atoms in total. The molecule has 6 heteroatoms. The lowest BCUT2D eigenvalue weighted by Gasteiger charge is -2.30. The van der Waals surface area contributed by atoms with Crippen LogP contribution in [0, 0.1) is 0 Å². The topological polar surface area (TPSA) is 77.2 Å². The van der Waals surface area contributed by atoms with E-state index in [4.69, 9.17) is 9.26 Å². The van der Waals surface area contributed by atoms with Gasteiger partial charge >= 0.3 is 6.09 Å². The molecule has 1 aromatic rings. The van der Waals surface area contributed by atoms with Crippen molar-refractivity contribution in [2.24, 2.45) is 0 Å². The van der Waals surface area contributed by atoms with Gasteiger partial charge in [-0.2, -0.15) is 4.98 Å². The van der Waals surface area contributed by atoms with Gasteiger partial charge in [0.1, 0.15) is 5.60 Å². The zero-order valence-corrected chi connectivity index (χ0v) is 13.6. The molecule has 1 amide bonds. The Kier molecular flexibility index (Phi) is 4.10. The zero-order valence-electron chi connectivity index (χ0n) is 13.6. The van der Waals surface area contributed by atoms with Gasteiger partial charge in [0, 0.05) is 12.0 Å². The minimum absolute atomic E-state index is 0.0103. The zero-order chi connectivity index (χ0) is 15.7. The predicted molar refractivity (Wildman–Crippen MR) is 80.6 cm³/mol. The Hall–Kier alpha value is -1.59. The van der Waals surface area contributed by atoms with Crippen LogP contribution in [0.25, 0.3) is 0 Å². The highest BCUT2D eigenvalue weighted by Crippen LogP contribution is 2.40. The van der Waals surface area contributed by atoms with Gasteiger partial charge in [0.15, 0.2) is 5.82 Å². The van der Waals surface area contributed by atoms with Crippen LogP contribution in [0.4, 0.5) is 4.79 Å². The molecular formula is C16H25N3O3. The van der Waals surface area contributed by atoms with Crippen LogP contribution in [0.1, 0.15) is 82.8 Å². The van der Waals surface area contributed by atoms with Crippen molar-refractivity contribution in [2.45, 2.75) is 82.8 Å². The third kappa shape index (κ3) is 3.78. The van der Waals surface area contributed by atoms with Crippen molar-refractivity contribution in [1.29, 1.82) is 0 Å². The van der Waals surface area contributed by atoms with Crippen molar-refractivity contribution in [1.82, 2.24) is 15.5 Å².